The van der Waals surface area contributed by atoms with E-state index in [1.54, 1.807) is 4.57 Å². The molecule has 0 aliphatic heterocycles. The smallest absolute Gasteiger partial charge is 0.267 e. The number of nitrogens with zero attached hydrogens (tertiary/aromatic N) is 1. The van der Waals surface area contributed by atoms with Crippen molar-refractivity contribution in [2.75, 3.05) is 6.54 Å². The van der Waals surface area contributed by atoms with Crippen molar-refractivity contribution in [3.05, 3.63) is 18.0 Å². The van der Waals surface area contributed by atoms with E-state index in [9.17, 15) is 13.2 Å². The van der Waals surface area contributed by atoms with Gasteiger partial charge in [-0.15, -0.1) is 0 Å². The SMILES string of the molecule is CCn1cc(S(=O)(=O)Cl)cc1C(=O)NCCC(C)C. The fourth-order valence-electron chi connectivity index (χ4n) is 1.63. The third kappa shape index (κ3) is 4.54. The minimum absolute atomic E-state index is 0.0509. The van der Waals surface area contributed by atoms with Gasteiger partial charge in [-0.1, -0.05) is 13.8 Å². The van der Waals surface area contributed by atoms with E-state index >= 15 is 0 Å². The third-order valence-electron chi connectivity index (χ3n) is 2.73. The molecule has 0 saturated heterocycles. The van der Waals surface area contributed by atoms with Crippen LogP contribution in [0.2, 0.25) is 0 Å². The molecule has 1 rings (SSSR count). The molecule has 0 aromatic carbocycles. The molecule has 1 aromatic heterocycles. The largest absolute Gasteiger partial charge is 0.351 e. The van der Waals surface area contributed by atoms with Crippen LogP contribution in [-0.4, -0.2) is 25.4 Å². The lowest BCUT2D eigenvalue weighted by Gasteiger charge is -2.08. The second-order valence-corrected chi connectivity index (χ2v) is 7.29. The summed E-state index contributed by atoms with van der Waals surface area (Å²) in [7, 11) is 1.47. The molecular weight excluding hydrogens is 288 g/mol. The molecule has 0 atom stereocenters. The van der Waals surface area contributed by atoms with E-state index in [-0.39, 0.29) is 10.8 Å². The van der Waals surface area contributed by atoms with Crippen molar-refractivity contribution in [3.8, 4) is 0 Å². The first-order valence-electron chi connectivity index (χ1n) is 6.18. The van der Waals surface area contributed by atoms with Gasteiger partial charge >= 0.3 is 0 Å². The van der Waals surface area contributed by atoms with E-state index in [0.717, 1.165) is 6.42 Å². The number of nitrogens with one attached hydrogen (secondary N) is 1. The number of hydrogen-bond acceptors (Lipinski definition) is 3. The van der Waals surface area contributed by atoms with Gasteiger partial charge in [-0.05, 0) is 25.3 Å². The summed E-state index contributed by atoms with van der Waals surface area (Å²) < 4.78 is 24.1. The highest BCUT2D eigenvalue weighted by Crippen LogP contribution is 2.18. The molecule has 0 saturated carbocycles. The van der Waals surface area contributed by atoms with Gasteiger partial charge in [0, 0.05) is 30.0 Å². The summed E-state index contributed by atoms with van der Waals surface area (Å²) in [5.41, 5.74) is 0.311. The maximum atomic E-state index is 12.0. The molecule has 0 aliphatic rings. The van der Waals surface area contributed by atoms with Crippen LogP contribution in [0.1, 0.15) is 37.7 Å². The van der Waals surface area contributed by atoms with Crippen LogP contribution in [0.3, 0.4) is 0 Å². The zero-order chi connectivity index (χ0) is 14.6. The average molecular weight is 307 g/mol. The van der Waals surface area contributed by atoms with E-state index in [1.165, 1.54) is 12.3 Å². The normalized spacial score (nSPS) is 11.8. The summed E-state index contributed by atoms with van der Waals surface area (Å²) in [6, 6.07) is 1.30. The van der Waals surface area contributed by atoms with Gasteiger partial charge in [0.05, 0.1) is 0 Å². The Hall–Kier alpha value is -1.01. The maximum Gasteiger partial charge on any atom is 0.267 e. The molecule has 1 N–H and O–H groups in total. The molecule has 1 heterocycles. The summed E-state index contributed by atoms with van der Waals surface area (Å²) in [5.74, 6) is 0.214. The molecular formula is C12H19ClN2O3S. The molecule has 0 spiro atoms. The van der Waals surface area contributed by atoms with Gasteiger partial charge in [-0.25, -0.2) is 8.42 Å². The van der Waals surface area contributed by atoms with Crippen LogP contribution in [0, 0.1) is 5.92 Å². The fraction of sp³-hybridized carbons (Fsp3) is 0.583. The molecule has 0 aliphatic carbocycles. The van der Waals surface area contributed by atoms with Gasteiger partial charge in [-0.3, -0.25) is 4.79 Å². The summed E-state index contributed by atoms with van der Waals surface area (Å²) in [6.07, 6.45) is 2.25. The highest BCUT2D eigenvalue weighted by Gasteiger charge is 2.19. The van der Waals surface area contributed by atoms with Crippen molar-refractivity contribution in [1.29, 1.82) is 0 Å². The Balaban J connectivity index is 2.87. The first-order chi connectivity index (χ1) is 8.75. The Morgan fingerprint density at radius 1 is 1.47 bits per heavy atom. The zero-order valence-electron chi connectivity index (χ0n) is 11.3. The minimum atomic E-state index is -3.81. The molecule has 19 heavy (non-hydrogen) atoms. The molecule has 108 valence electrons. The minimum Gasteiger partial charge on any atom is -0.351 e. The van der Waals surface area contributed by atoms with Crippen LogP contribution in [0.15, 0.2) is 17.2 Å². The van der Waals surface area contributed by atoms with Gasteiger partial charge in [0.15, 0.2) is 0 Å². The molecule has 0 unspecified atom stereocenters. The van der Waals surface area contributed by atoms with E-state index < -0.39 is 9.05 Å². The van der Waals surface area contributed by atoms with Crippen molar-refractivity contribution in [3.63, 3.8) is 0 Å². The number of hydrogen-bond donors (Lipinski definition) is 1. The van der Waals surface area contributed by atoms with Gasteiger partial charge < -0.3 is 9.88 Å². The predicted molar refractivity (Wildman–Crippen MR) is 74.9 cm³/mol. The molecule has 7 heteroatoms. The number of carbonyl (C=O) groups excluding carboxylic acids is 1. The molecule has 1 amide bonds. The van der Waals surface area contributed by atoms with Crippen LogP contribution in [0.25, 0.3) is 0 Å². The molecule has 0 bridgehead atoms. The number of amides is 1. The monoisotopic (exact) mass is 306 g/mol. The van der Waals surface area contributed by atoms with Crippen molar-refractivity contribution < 1.29 is 13.2 Å². The maximum absolute atomic E-state index is 12.0. The number of aryl methyl sites for hydroxylation is 1. The lowest BCUT2D eigenvalue weighted by molar-refractivity contribution is 0.0943. The number of carbonyl (C=O) groups is 1. The second-order valence-electron chi connectivity index (χ2n) is 4.72. The zero-order valence-corrected chi connectivity index (χ0v) is 12.9. The van der Waals surface area contributed by atoms with Crippen molar-refractivity contribution in [2.24, 2.45) is 5.92 Å². The van der Waals surface area contributed by atoms with Gasteiger partial charge in [0.2, 0.25) is 0 Å². The molecule has 1 aromatic rings. The van der Waals surface area contributed by atoms with Gasteiger partial charge in [0.25, 0.3) is 15.0 Å². The highest BCUT2D eigenvalue weighted by atomic mass is 35.7. The number of aromatic nitrogens is 1. The summed E-state index contributed by atoms with van der Waals surface area (Å²) in [6.45, 7) is 7.03. The van der Waals surface area contributed by atoms with Crippen molar-refractivity contribution in [2.45, 2.75) is 38.6 Å². The number of halogens is 1. The molecule has 5 nitrogen and oxygen atoms in total. The standard InChI is InChI=1S/C12H19ClN2O3S/c1-4-15-8-10(19(13,17)18)7-11(15)12(16)14-6-5-9(2)3/h7-9H,4-6H2,1-3H3,(H,14,16). The third-order valence-corrected chi connectivity index (χ3v) is 4.05. The lowest BCUT2D eigenvalue weighted by atomic mass is 10.1. The first-order valence-corrected chi connectivity index (χ1v) is 8.49. The summed E-state index contributed by atoms with van der Waals surface area (Å²) >= 11 is 0. The Labute approximate surface area is 118 Å². The average Bonchev–Trinajstić information content (AvgIpc) is 2.71. The van der Waals surface area contributed by atoms with E-state index in [4.69, 9.17) is 10.7 Å². The Morgan fingerprint density at radius 2 is 2.11 bits per heavy atom. The Bertz CT molecular complexity index is 549. The number of rotatable bonds is 6. The second kappa shape index (κ2) is 6.43. The van der Waals surface area contributed by atoms with Gasteiger partial charge in [-0.2, -0.15) is 0 Å². The van der Waals surface area contributed by atoms with Crippen LogP contribution in [0.5, 0.6) is 0 Å². The topological polar surface area (TPSA) is 68.2 Å². The van der Waals surface area contributed by atoms with E-state index in [2.05, 4.69) is 19.2 Å². The van der Waals surface area contributed by atoms with Gasteiger partial charge in [0.1, 0.15) is 10.6 Å². The fourth-order valence-corrected chi connectivity index (χ4v) is 2.39. The summed E-state index contributed by atoms with van der Waals surface area (Å²) in [4.78, 5) is 11.9. The Morgan fingerprint density at radius 3 is 2.58 bits per heavy atom. The van der Waals surface area contributed by atoms with Crippen molar-refractivity contribution >= 4 is 25.6 Å². The van der Waals surface area contributed by atoms with E-state index in [1.807, 2.05) is 6.92 Å². The van der Waals surface area contributed by atoms with Crippen LogP contribution in [0.4, 0.5) is 0 Å². The molecule has 0 fully saturated rings. The van der Waals surface area contributed by atoms with Crippen molar-refractivity contribution in [1.82, 2.24) is 9.88 Å². The van der Waals surface area contributed by atoms with Crippen LogP contribution >= 0.6 is 10.7 Å². The first kappa shape index (κ1) is 16.0. The van der Waals surface area contributed by atoms with Crippen LogP contribution < -0.4 is 5.32 Å². The molecule has 0 radical (unpaired) electrons. The summed E-state index contributed by atoms with van der Waals surface area (Å²) in [5, 5.41) is 2.77. The van der Waals surface area contributed by atoms with Crippen LogP contribution in [-0.2, 0) is 15.6 Å². The quantitative estimate of drug-likeness (QED) is 0.819. The Kier molecular flexibility index (Phi) is 5.43. The predicted octanol–water partition coefficient (Wildman–Crippen LogP) is 2.21. The van der Waals surface area contributed by atoms with E-state index in [0.29, 0.717) is 24.7 Å². The highest BCUT2D eigenvalue weighted by molar-refractivity contribution is 8.13. The lowest BCUT2D eigenvalue weighted by Crippen LogP contribution is -2.27.